The summed E-state index contributed by atoms with van der Waals surface area (Å²) in [7, 11) is 5.61. The van der Waals surface area contributed by atoms with Crippen LogP contribution >= 0.6 is 0 Å². The predicted octanol–water partition coefficient (Wildman–Crippen LogP) is 2.84. The molecule has 1 saturated heterocycles. The van der Waals surface area contributed by atoms with Crippen molar-refractivity contribution in [2.24, 2.45) is 5.92 Å². The highest BCUT2D eigenvalue weighted by Gasteiger charge is 2.55. The number of nitrogens with zero attached hydrogens (tertiary/aromatic N) is 1. The average molecular weight is 315 g/mol. The average Bonchev–Trinajstić information content (AvgIpc) is 2.57. The number of allylic oxidation sites excluding steroid dienone is 2. The molecule has 1 fully saturated rings. The number of aromatic hydroxyl groups is 1. The van der Waals surface area contributed by atoms with E-state index in [1.807, 2.05) is 6.07 Å². The van der Waals surface area contributed by atoms with E-state index in [1.54, 1.807) is 14.2 Å². The first-order chi connectivity index (χ1) is 11.1. The normalized spacial score (nSPS) is 32.6. The Balaban J connectivity index is 1.93. The van der Waals surface area contributed by atoms with Gasteiger partial charge in [-0.1, -0.05) is 6.07 Å². The minimum absolute atomic E-state index is 0.0243. The van der Waals surface area contributed by atoms with Crippen molar-refractivity contribution in [2.75, 3.05) is 27.8 Å². The number of hydrogen-bond acceptors (Lipinski definition) is 4. The molecule has 4 heteroatoms. The van der Waals surface area contributed by atoms with E-state index in [4.69, 9.17) is 9.47 Å². The Bertz CT molecular complexity index is 669. The number of rotatable bonds is 2. The Hall–Kier alpha value is -1.68. The van der Waals surface area contributed by atoms with E-state index < -0.39 is 0 Å². The maximum Gasteiger partial charge on any atom is 0.161 e. The van der Waals surface area contributed by atoms with Crippen molar-refractivity contribution < 1.29 is 14.6 Å². The molecule has 1 aromatic carbocycles. The van der Waals surface area contributed by atoms with Gasteiger partial charge in [0.25, 0.3) is 0 Å². The number of fused-ring (bicyclic) bond motifs is 1. The molecule has 124 valence electrons. The van der Waals surface area contributed by atoms with E-state index in [1.165, 1.54) is 5.56 Å². The van der Waals surface area contributed by atoms with E-state index in [0.717, 1.165) is 43.6 Å². The highest BCUT2D eigenvalue weighted by atomic mass is 16.5. The summed E-state index contributed by atoms with van der Waals surface area (Å²) in [6.07, 6.45) is 6.21. The predicted molar refractivity (Wildman–Crippen MR) is 88.9 cm³/mol. The number of hydrogen-bond donors (Lipinski definition) is 1. The molecule has 3 atom stereocenters. The summed E-state index contributed by atoms with van der Waals surface area (Å²) in [6.45, 7) is 1.06. The summed E-state index contributed by atoms with van der Waals surface area (Å²) >= 11 is 0. The first-order valence-electron chi connectivity index (χ1n) is 8.43. The van der Waals surface area contributed by atoms with E-state index in [0.29, 0.717) is 23.5 Å². The lowest BCUT2D eigenvalue weighted by molar-refractivity contribution is 0.0149. The minimum atomic E-state index is -0.0243. The van der Waals surface area contributed by atoms with Crippen LogP contribution in [-0.2, 0) is 16.6 Å². The van der Waals surface area contributed by atoms with Crippen molar-refractivity contribution >= 4 is 0 Å². The van der Waals surface area contributed by atoms with E-state index in [9.17, 15) is 5.11 Å². The van der Waals surface area contributed by atoms with E-state index in [-0.39, 0.29) is 5.41 Å². The number of ether oxygens (including phenoxy) is 2. The third-order valence-electron chi connectivity index (χ3n) is 6.38. The van der Waals surface area contributed by atoms with Gasteiger partial charge in [-0.2, -0.15) is 0 Å². The molecule has 0 saturated carbocycles. The van der Waals surface area contributed by atoms with Crippen molar-refractivity contribution in [3.8, 4) is 11.5 Å². The van der Waals surface area contributed by atoms with Crippen molar-refractivity contribution in [2.45, 2.75) is 37.1 Å². The molecule has 0 amide bonds. The van der Waals surface area contributed by atoms with Crippen LogP contribution in [0.2, 0.25) is 0 Å². The number of likely N-dealkylation sites (tertiary alicyclic amines) is 1. The van der Waals surface area contributed by atoms with Crippen LogP contribution < -0.4 is 4.74 Å². The number of benzene rings is 1. The van der Waals surface area contributed by atoms with Crippen molar-refractivity contribution in [3.05, 3.63) is 35.1 Å². The lowest BCUT2D eigenvalue weighted by atomic mass is 9.53. The van der Waals surface area contributed by atoms with Crippen LogP contribution in [-0.4, -0.2) is 43.9 Å². The first-order valence-corrected chi connectivity index (χ1v) is 8.43. The van der Waals surface area contributed by atoms with Gasteiger partial charge < -0.3 is 19.5 Å². The number of phenols is 1. The van der Waals surface area contributed by atoms with Crippen LogP contribution in [0.3, 0.4) is 0 Å². The summed E-state index contributed by atoms with van der Waals surface area (Å²) in [6, 6.07) is 4.58. The Morgan fingerprint density at radius 3 is 2.83 bits per heavy atom. The minimum Gasteiger partial charge on any atom is -0.504 e. The summed E-state index contributed by atoms with van der Waals surface area (Å²) in [5, 5.41) is 10.9. The van der Waals surface area contributed by atoms with Crippen LogP contribution in [0.15, 0.2) is 24.0 Å². The van der Waals surface area contributed by atoms with Crippen LogP contribution in [0.25, 0.3) is 0 Å². The number of piperidine rings is 1. The standard InChI is InChI=1S/C19H25NO3/c1-20-9-8-19-11-13(22-2)5-6-14(19)15(20)10-12-4-7-16(23-3)18(21)17(12)19/h4-5,7,14-15,21H,6,8-11H2,1-3H3/t14-,15-,19+/m0/s1. The van der Waals surface area contributed by atoms with Crippen molar-refractivity contribution in [1.82, 2.24) is 4.90 Å². The molecular formula is C19H25NO3. The second-order valence-corrected chi connectivity index (χ2v) is 7.20. The SMILES string of the molecule is COC1=CC[C@H]2[C@@H]3Cc4ccc(OC)c(O)c4[C@]2(CCN3C)C1. The monoisotopic (exact) mass is 315 g/mol. The Morgan fingerprint density at radius 2 is 2.09 bits per heavy atom. The van der Waals surface area contributed by atoms with Gasteiger partial charge in [0.2, 0.25) is 0 Å². The summed E-state index contributed by atoms with van der Waals surface area (Å²) in [5.41, 5.74) is 2.37. The Morgan fingerprint density at radius 1 is 1.26 bits per heavy atom. The molecule has 0 spiro atoms. The lowest BCUT2D eigenvalue weighted by Gasteiger charge is -2.57. The van der Waals surface area contributed by atoms with Gasteiger partial charge in [-0.15, -0.1) is 0 Å². The van der Waals surface area contributed by atoms with Crippen molar-refractivity contribution in [3.63, 3.8) is 0 Å². The quantitative estimate of drug-likeness (QED) is 0.911. The van der Waals surface area contributed by atoms with Gasteiger partial charge >= 0.3 is 0 Å². The van der Waals surface area contributed by atoms with Gasteiger partial charge in [-0.25, -0.2) is 0 Å². The largest absolute Gasteiger partial charge is 0.504 e. The summed E-state index contributed by atoms with van der Waals surface area (Å²) in [4.78, 5) is 2.50. The molecule has 4 nitrogen and oxygen atoms in total. The molecule has 4 rings (SSSR count). The highest BCUT2D eigenvalue weighted by Crippen LogP contribution is 2.58. The van der Waals surface area contributed by atoms with Gasteiger partial charge in [-0.3, -0.25) is 0 Å². The molecule has 2 bridgehead atoms. The maximum atomic E-state index is 10.9. The molecule has 0 unspecified atom stereocenters. The van der Waals surface area contributed by atoms with Gasteiger partial charge in [0, 0.05) is 23.4 Å². The zero-order valence-electron chi connectivity index (χ0n) is 14.1. The molecule has 1 heterocycles. The van der Waals surface area contributed by atoms with Gasteiger partial charge in [0.1, 0.15) is 0 Å². The fourth-order valence-electron chi connectivity index (χ4n) is 5.23. The molecule has 0 aromatic heterocycles. The molecule has 1 aliphatic heterocycles. The highest BCUT2D eigenvalue weighted by molar-refractivity contribution is 5.57. The second-order valence-electron chi connectivity index (χ2n) is 7.20. The Labute approximate surface area is 137 Å². The number of methoxy groups -OCH3 is 2. The smallest absolute Gasteiger partial charge is 0.161 e. The van der Waals surface area contributed by atoms with Crippen LogP contribution in [0.1, 0.15) is 30.4 Å². The molecular weight excluding hydrogens is 290 g/mol. The van der Waals surface area contributed by atoms with Crippen molar-refractivity contribution in [1.29, 1.82) is 0 Å². The fraction of sp³-hybridized carbons (Fsp3) is 0.579. The molecule has 1 N–H and O–H groups in total. The number of likely N-dealkylation sites (N-methyl/N-ethyl adjacent to an activating group) is 1. The van der Waals surface area contributed by atoms with Gasteiger partial charge in [0.05, 0.1) is 20.0 Å². The van der Waals surface area contributed by atoms with E-state index in [2.05, 4.69) is 24.1 Å². The molecule has 1 aromatic rings. The lowest BCUT2D eigenvalue weighted by Crippen LogP contribution is -2.59. The molecule has 0 radical (unpaired) electrons. The maximum absolute atomic E-state index is 10.9. The van der Waals surface area contributed by atoms with Gasteiger partial charge in [0.15, 0.2) is 11.5 Å². The summed E-state index contributed by atoms with van der Waals surface area (Å²) < 4.78 is 11.0. The van der Waals surface area contributed by atoms with Crippen LogP contribution in [0.5, 0.6) is 11.5 Å². The second kappa shape index (κ2) is 5.17. The third kappa shape index (κ3) is 1.94. The van der Waals surface area contributed by atoms with Crippen LogP contribution in [0.4, 0.5) is 0 Å². The van der Waals surface area contributed by atoms with Gasteiger partial charge in [-0.05, 0) is 56.5 Å². The fourth-order valence-corrected chi connectivity index (χ4v) is 5.23. The topological polar surface area (TPSA) is 41.9 Å². The third-order valence-corrected chi connectivity index (χ3v) is 6.38. The van der Waals surface area contributed by atoms with Crippen LogP contribution in [0, 0.1) is 5.92 Å². The first kappa shape index (κ1) is 14.9. The van der Waals surface area contributed by atoms with E-state index >= 15 is 0 Å². The Kier molecular flexibility index (Phi) is 3.34. The molecule has 3 aliphatic rings. The molecule has 2 aliphatic carbocycles. The zero-order chi connectivity index (χ0) is 16.2. The zero-order valence-corrected chi connectivity index (χ0v) is 14.1. The number of phenolic OH excluding ortho intramolecular Hbond substituents is 1. The molecule has 23 heavy (non-hydrogen) atoms. The summed E-state index contributed by atoms with van der Waals surface area (Å²) in [5.74, 6) is 2.52.